The number of sulfonamides is 1. The van der Waals surface area contributed by atoms with Crippen LogP contribution in [0, 0.1) is 5.92 Å². The van der Waals surface area contributed by atoms with Gasteiger partial charge in [-0.3, -0.25) is 4.79 Å². The quantitative estimate of drug-likeness (QED) is 0.840. The molecule has 1 atom stereocenters. The van der Waals surface area contributed by atoms with Crippen LogP contribution in [0.2, 0.25) is 0 Å². The van der Waals surface area contributed by atoms with E-state index >= 15 is 0 Å². The zero-order valence-corrected chi connectivity index (χ0v) is 13.8. The van der Waals surface area contributed by atoms with Gasteiger partial charge in [-0.25, -0.2) is 13.6 Å². The summed E-state index contributed by atoms with van der Waals surface area (Å²) in [5.74, 6) is 0.724. The van der Waals surface area contributed by atoms with E-state index in [4.69, 9.17) is 5.14 Å². The Morgan fingerprint density at radius 3 is 2.67 bits per heavy atom. The fourth-order valence-electron chi connectivity index (χ4n) is 2.74. The zero-order valence-electron chi connectivity index (χ0n) is 12.2. The van der Waals surface area contributed by atoms with Crippen molar-refractivity contribution in [3.8, 4) is 0 Å². The predicted molar refractivity (Wildman–Crippen MR) is 83.4 cm³/mol. The molecule has 0 aromatic carbocycles. The van der Waals surface area contributed by atoms with E-state index < -0.39 is 10.0 Å². The molecule has 0 saturated heterocycles. The maximum atomic E-state index is 11.9. The Morgan fingerprint density at radius 2 is 2.10 bits per heavy atom. The molecular weight excluding hydrogens is 308 g/mol. The standard InChI is InChI=1S/C14H22N2O3S2/c1-10(12-7-9-14(20-12)21(15,18)19)16-13(17)8-6-11-4-2-3-5-11/h7,9-11H,2-6,8H2,1H3,(H,16,17)(H2,15,18,19). The summed E-state index contributed by atoms with van der Waals surface area (Å²) in [7, 11) is -3.66. The maximum Gasteiger partial charge on any atom is 0.247 e. The van der Waals surface area contributed by atoms with Gasteiger partial charge in [-0.05, 0) is 31.4 Å². The molecule has 0 aliphatic heterocycles. The van der Waals surface area contributed by atoms with Gasteiger partial charge in [-0.2, -0.15) is 0 Å². The van der Waals surface area contributed by atoms with Gasteiger partial charge in [0, 0.05) is 11.3 Å². The first-order chi connectivity index (χ1) is 9.86. The minimum absolute atomic E-state index is 0.0277. The first-order valence-electron chi connectivity index (χ1n) is 7.28. The van der Waals surface area contributed by atoms with Crippen molar-refractivity contribution in [2.75, 3.05) is 0 Å². The van der Waals surface area contributed by atoms with E-state index in [0.29, 0.717) is 12.3 Å². The number of primary sulfonamides is 1. The van der Waals surface area contributed by atoms with Crippen LogP contribution in [0.3, 0.4) is 0 Å². The Kier molecular flexibility index (Phi) is 5.40. The van der Waals surface area contributed by atoms with Crippen molar-refractivity contribution in [1.82, 2.24) is 5.32 Å². The summed E-state index contributed by atoms with van der Waals surface area (Å²) in [6, 6.07) is 2.99. The van der Waals surface area contributed by atoms with Crippen LogP contribution in [-0.2, 0) is 14.8 Å². The summed E-state index contributed by atoms with van der Waals surface area (Å²) in [6.07, 6.45) is 6.55. The molecule has 5 nitrogen and oxygen atoms in total. The summed E-state index contributed by atoms with van der Waals surface area (Å²) in [5.41, 5.74) is 0. The van der Waals surface area contributed by atoms with Gasteiger partial charge >= 0.3 is 0 Å². The van der Waals surface area contributed by atoms with Crippen LogP contribution >= 0.6 is 11.3 Å². The van der Waals surface area contributed by atoms with Gasteiger partial charge in [0.2, 0.25) is 15.9 Å². The number of amides is 1. The lowest BCUT2D eigenvalue weighted by molar-refractivity contribution is -0.122. The molecule has 1 aromatic rings. The van der Waals surface area contributed by atoms with Crippen molar-refractivity contribution >= 4 is 27.3 Å². The molecule has 1 fully saturated rings. The SMILES string of the molecule is CC(NC(=O)CCC1CCCC1)c1ccc(S(N)(=O)=O)s1. The number of carbonyl (C=O) groups excluding carboxylic acids is 1. The average molecular weight is 330 g/mol. The van der Waals surface area contributed by atoms with Gasteiger partial charge in [0.05, 0.1) is 6.04 Å². The first-order valence-corrected chi connectivity index (χ1v) is 9.64. The third kappa shape index (κ3) is 4.79. The highest BCUT2D eigenvalue weighted by Crippen LogP contribution is 2.29. The van der Waals surface area contributed by atoms with E-state index in [1.165, 1.54) is 31.7 Å². The van der Waals surface area contributed by atoms with E-state index in [2.05, 4.69) is 5.32 Å². The van der Waals surface area contributed by atoms with Gasteiger partial charge in [-0.1, -0.05) is 25.7 Å². The largest absolute Gasteiger partial charge is 0.349 e. The van der Waals surface area contributed by atoms with E-state index in [-0.39, 0.29) is 16.2 Å². The van der Waals surface area contributed by atoms with E-state index in [1.807, 2.05) is 6.92 Å². The molecule has 1 aromatic heterocycles. The minimum atomic E-state index is -3.66. The molecule has 0 bridgehead atoms. The van der Waals surface area contributed by atoms with Crippen LogP contribution in [0.1, 0.15) is 56.4 Å². The van der Waals surface area contributed by atoms with E-state index in [0.717, 1.165) is 22.6 Å². The Hall–Kier alpha value is -0.920. The van der Waals surface area contributed by atoms with Crippen molar-refractivity contribution in [2.24, 2.45) is 11.1 Å². The van der Waals surface area contributed by atoms with Gasteiger partial charge in [-0.15, -0.1) is 11.3 Å². The van der Waals surface area contributed by atoms with Crippen molar-refractivity contribution in [3.63, 3.8) is 0 Å². The predicted octanol–water partition coefficient (Wildman–Crippen LogP) is 2.54. The molecule has 1 unspecified atom stereocenters. The van der Waals surface area contributed by atoms with Crippen molar-refractivity contribution in [1.29, 1.82) is 0 Å². The van der Waals surface area contributed by atoms with Crippen LogP contribution < -0.4 is 10.5 Å². The molecule has 2 rings (SSSR count). The van der Waals surface area contributed by atoms with E-state index in [9.17, 15) is 13.2 Å². The second kappa shape index (κ2) is 6.89. The highest BCUT2D eigenvalue weighted by atomic mass is 32.2. The fraction of sp³-hybridized carbons (Fsp3) is 0.643. The van der Waals surface area contributed by atoms with Crippen LogP contribution in [0.25, 0.3) is 0 Å². The van der Waals surface area contributed by atoms with E-state index in [1.54, 1.807) is 6.07 Å². The van der Waals surface area contributed by atoms with Crippen molar-refractivity contribution in [3.05, 3.63) is 17.0 Å². The summed E-state index contributed by atoms with van der Waals surface area (Å²) in [4.78, 5) is 12.7. The first kappa shape index (κ1) is 16.5. The third-order valence-electron chi connectivity index (χ3n) is 3.94. The highest BCUT2D eigenvalue weighted by molar-refractivity contribution is 7.91. The highest BCUT2D eigenvalue weighted by Gasteiger charge is 2.19. The second-order valence-electron chi connectivity index (χ2n) is 5.68. The Bertz CT molecular complexity index is 589. The molecule has 1 heterocycles. The number of nitrogens with two attached hydrogens (primary N) is 1. The molecule has 0 radical (unpaired) electrons. The average Bonchev–Trinajstić information content (AvgIpc) is 3.07. The summed E-state index contributed by atoms with van der Waals surface area (Å²) in [5, 5.41) is 8.01. The fourth-order valence-corrected chi connectivity index (χ4v) is 4.49. The second-order valence-corrected chi connectivity index (χ2v) is 8.58. The van der Waals surface area contributed by atoms with Crippen molar-refractivity contribution < 1.29 is 13.2 Å². The number of hydrogen-bond acceptors (Lipinski definition) is 4. The Morgan fingerprint density at radius 1 is 1.43 bits per heavy atom. The Labute approximate surface area is 130 Å². The van der Waals surface area contributed by atoms with Gasteiger partial charge in [0.25, 0.3) is 0 Å². The van der Waals surface area contributed by atoms with Crippen molar-refractivity contribution in [2.45, 2.75) is 55.7 Å². The lowest BCUT2D eigenvalue weighted by Gasteiger charge is -2.13. The Balaban J connectivity index is 1.84. The van der Waals surface area contributed by atoms with Crippen LogP contribution in [0.4, 0.5) is 0 Å². The molecule has 1 aliphatic carbocycles. The molecule has 0 spiro atoms. The molecule has 21 heavy (non-hydrogen) atoms. The molecule has 118 valence electrons. The lowest BCUT2D eigenvalue weighted by Crippen LogP contribution is -2.26. The number of carbonyl (C=O) groups is 1. The molecular formula is C14H22N2O3S2. The molecule has 1 aliphatic rings. The minimum Gasteiger partial charge on any atom is -0.349 e. The van der Waals surface area contributed by atoms with Crippen LogP contribution in [-0.4, -0.2) is 14.3 Å². The van der Waals surface area contributed by atoms with Crippen LogP contribution in [0.5, 0.6) is 0 Å². The molecule has 1 saturated carbocycles. The normalized spacial score (nSPS) is 17.8. The number of thiophene rings is 1. The zero-order chi connectivity index (χ0) is 15.5. The lowest BCUT2D eigenvalue weighted by atomic mass is 10.0. The summed E-state index contributed by atoms with van der Waals surface area (Å²) >= 11 is 1.11. The van der Waals surface area contributed by atoms with Gasteiger partial charge in [0.1, 0.15) is 4.21 Å². The molecule has 7 heteroatoms. The smallest absolute Gasteiger partial charge is 0.247 e. The summed E-state index contributed by atoms with van der Waals surface area (Å²) in [6.45, 7) is 1.85. The molecule has 1 amide bonds. The van der Waals surface area contributed by atoms with Gasteiger partial charge in [0.15, 0.2) is 0 Å². The number of nitrogens with one attached hydrogen (secondary N) is 1. The number of rotatable bonds is 6. The third-order valence-corrected chi connectivity index (χ3v) is 6.65. The topological polar surface area (TPSA) is 89.3 Å². The molecule has 3 N–H and O–H groups in total. The maximum absolute atomic E-state index is 11.9. The monoisotopic (exact) mass is 330 g/mol. The summed E-state index contributed by atoms with van der Waals surface area (Å²) < 4.78 is 22.6. The van der Waals surface area contributed by atoms with Gasteiger partial charge < -0.3 is 5.32 Å². The number of hydrogen-bond donors (Lipinski definition) is 2. The van der Waals surface area contributed by atoms with Crippen LogP contribution in [0.15, 0.2) is 16.3 Å².